The Kier molecular flexibility index (Phi) is 6.12. The van der Waals surface area contributed by atoms with Crippen molar-refractivity contribution in [3.8, 4) is 5.75 Å². The molecule has 4 heteroatoms. The number of hydrogen-bond acceptors (Lipinski definition) is 3. The predicted molar refractivity (Wildman–Crippen MR) is 89.8 cm³/mol. The Morgan fingerprint density at radius 3 is 2.70 bits per heavy atom. The highest BCUT2D eigenvalue weighted by atomic mass is 16.5. The first-order chi connectivity index (χ1) is 11.2. The molecule has 4 nitrogen and oxygen atoms in total. The average molecular weight is 308 g/mol. The largest absolute Gasteiger partial charge is 0.497 e. The van der Waals surface area contributed by atoms with Crippen LogP contribution in [0.2, 0.25) is 0 Å². The lowest BCUT2D eigenvalue weighted by molar-refractivity contribution is -0.116. The van der Waals surface area contributed by atoms with Gasteiger partial charge in [0.1, 0.15) is 5.75 Å². The molecule has 0 bridgehead atoms. The molecule has 0 heterocycles. The molecule has 2 aromatic rings. The number of carbonyl (C=O) groups is 1. The lowest BCUT2D eigenvalue weighted by Crippen LogP contribution is -2.36. The van der Waals surface area contributed by atoms with E-state index < -0.39 is 6.04 Å². The third kappa shape index (κ3) is 5.43. The average Bonchev–Trinajstić information content (AvgIpc) is 2.60. The van der Waals surface area contributed by atoms with Gasteiger partial charge < -0.3 is 10.1 Å². The van der Waals surface area contributed by atoms with Gasteiger partial charge in [0.25, 0.3) is 0 Å². The van der Waals surface area contributed by atoms with E-state index in [-0.39, 0.29) is 5.91 Å². The third-order valence-electron chi connectivity index (χ3n) is 3.26. The summed E-state index contributed by atoms with van der Waals surface area (Å²) in [6, 6.07) is 16.2. The summed E-state index contributed by atoms with van der Waals surface area (Å²) in [5.41, 5.74) is 1.81. The van der Waals surface area contributed by atoms with Gasteiger partial charge in [0, 0.05) is 12.5 Å². The summed E-state index contributed by atoms with van der Waals surface area (Å²) in [4.78, 5) is 22.9. The monoisotopic (exact) mass is 308 g/mol. The minimum absolute atomic E-state index is 0.336. The van der Waals surface area contributed by atoms with Crippen molar-refractivity contribution in [1.82, 2.24) is 5.32 Å². The van der Waals surface area contributed by atoms with Crippen molar-refractivity contribution in [2.75, 3.05) is 7.11 Å². The molecular weight excluding hydrogens is 290 g/mol. The molecule has 23 heavy (non-hydrogen) atoms. The van der Waals surface area contributed by atoms with Crippen molar-refractivity contribution in [1.29, 1.82) is 0 Å². The quantitative estimate of drug-likeness (QED) is 0.800. The maximum atomic E-state index is 11.9. The van der Waals surface area contributed by atoms with E-state index in [1.807, 2.05) is 60.9 Å². The summed E-state index contributed by atoms with van der Waals surface area (Å²) in [5.74, 6) is 0.382. The van der Waals surface area contributed by atoms with Crippen LogP contribution >= 0.6 is 0 Å². The van der Waals surface area contributed by atoms with Gasteiger partial charge >= 0.3 is 0 Å². The van der Waals surface area contributed by atoms with Crippen LogP contribution in [0, 0.1) is 0 Å². The second kappa shape index (κ2) is 8.54. The molecule has 1 amide bonds. The maximum absolute atomic E-state index is 11.9. The molecule has 0 aliphatic carbocycles. The lowest BCUT2D eigenvalue weighted by atomic mass is 10.1. The second-order valence-electron chi connectivity index (χ2n) is 4.98. The molecule has 2 aromatic carbocycles. The molecule has 0 spiro atoms. The molecule has 0 aliphatic heterocycles. The highest BCUT2D eigenvalue weighted by Crippen LogP contribution is 2.13. The summed E-state index contributed by atoms with van der Waals surface area (Å²) in [6.45, 7) is 0. The van der Waals surface area contributed by atoms with Gasteiger partial charge in [-0.25, -0.2) is 0 Å². The number of methoxy groups -OCH3 is 1. The zero-order chi connectivity index (χ0) is 16.5. The van der Waals surface area contributed by atoms with Crippen LogP contribution in [0.3, 0.4) is 0 Å². The van der Waals surface area contributed by atoms with Gasteiger partial charge in [0.05, 0.1) is 13.2 Å². The van der Waals surface area contributed by atoms with Gasteiger partial charge in [0.2, 0.25) is 12.2 Å². The topological polar surface area (TPSA) is 55.4 Å². The summed E-state index contributed by atoms with van der Waals surface area (Å²) in [6.07, 6.45) is 5.34. The van der Waals surface area contributed by atoms with Crippen molar-refractivity contribution < 1.29 is 14.3 Å². The fourth-order valence-electron chi connectivity index (χ4n) is 2.11. The van der Waals surface area contributed by atoms with Gasteiger partial charge in [-0.05, 0) is 29.3 Å². The minimum atomic E-state index is -0.667. The predicted octanol–water partition coefficient (Wildman–Crippen LogP) is 2.55. The van der Waals surface area contributed by atoms with E-state index in [1.54, 1.807) is 13.2 Å². The number of carbonyl (C=O) groups excluding carboxylic acids is 2. The van der Waals surface area contributed by atoms with Gasteiger partial charge in [-0.1, -0.05) is 42.5 Å². The number of hydrogen-bond donors (Lipinski definition) is 1. The summed E-state index contributed by atoms with van der Waals surface area (Å²) in [7, 11) is 1.59. The fourth-order valence-corrected chi connectivity index (χ4v) is 2.11. The SMILES string of the molecule is COc1cccc(/C=C/C(=O)NC([C]=O)Cc2ccccc2)c1. The number of ether oxygens (including phenoxy) is 1. The van der Waals surface area contributed by atoms with Gasteiger partial charge in [-0.3, -0.25) is 9.59 Å². The molecule has 0 saturated carbocycles. The van der Waals surface area contributed by atoms with Crippen LogP contribution in [0.1, 0.15) is 11.1 Å². The van der Waals surface area contributed by atoms with Crippen molar-refractivity contribution in [2.45, 2.75) is 12.5 Å². The van der Waals surface area contributed by atoms with E-state index in [0.29, 0.717) is 6.42 Å². The first-order valence-electron chi connectivity index (χ1n) is 7.25. The standard InChI is InChI=1S/C19H18NO3/c1-23-18-9-5-8-16(13-18)10-11-19(22)20-17(14-21)12-15-6-3-2-4-7-15/h2-11,13,17H,12H2,1H3,(H,20,22)/b11-10+. The Hall–Kier alpha value is -2.88. The molecule has 1 N–H and O–H groups in total. The molecule has 0 aromatic heterocycles. The van der Waals surface area contributed by atoms with E-state index >= 15 is 0 Å². The Labute approximate surface area is 135 Å². The van der Waals surface area contributed by atoms with Gasteiger partial charge in [-0.15, -0.1) is 0 Å². The molecule has 2 rings (SSSR count). The first-order valence-corrected chi connectivity index (χ1v) is 7.25. The van der Waals surface area contributed by atoms with Crippen LogP contribution in [0.5, 0.6) is 5.75 Å². The minimum Gasteiger partial charge on any atom is -0.497 e. The summed E-state index contributed by atoms with van der Waals surface area (Å²) in [5, 5.41) is 2.63. The highest BCUT2D eigenvalue weighted by molar-refractivity contribution is 5.93. The normalized spacial score (nSPS) is 11.9. The van der Waals surface area contributed by atoms with E-state index in [4.69, 9.17) is 4.74 Å². The highest BCUT2D eigenvalue weighted by Gasteiger charge is 2.11. The number of amides is 1. The number of benzene rings is 2. The fraction of sp³-hybridized carbons (Fsp3) is 0.158. The molecule has 0 fully saturated rings. The zero-order valence-electron chi connectivity index (χ0n) is 12.9. The molecule has 1 unspecified atom stereocenters. The Morgan fingerprint density at radius 2 is 2.00 bits per heavy atom. The lowest BCUT2D eigenvalue weighted by Gasteiger charge is -2.10. The Bertz CT molecular complexity index is 680. The molecule has 0 aliphatic rings. The number of rotatable bonds is 7. The number of nitrogens with one attached hydrogen (secondary N) is 1. The molecular formula is C19H18NO3. The van der Waals surface area contributed by atoms with Crippen molar-refractivity contribution in [2.24, 2.45) is 0 Å². The molecule has 1 atom stereocenters. The Morgan fingerprint density at radius 1 is 1.22 bits per heavy atom. The second-order valence-corrected chi connectivity index (χ2v) is 4.98. The van der Waals surface area contributed by atoms with Gasteiger partial charge in [-0.2, -0.15) is 0 Å². The van der Waals surface area contributed by atoms with Crippen LogP contribution in [-0.2, 0) is 16.0 Å². The van der Waals surface area contributed by atoms with E-state index in [0.717, 1.165) is 16.9 Å². The first kappa shape index (κ1) is 16.5. The van der Waals surface area contributed by atoms with Crippen LogP contribution in [-0.4, -0.2) is 25.3 Å². The third-order valence-corrected chi connectivity index (χ3v) is 3.26. The van der Waals surface area contributed by atoms with E-state index in [2.05, 4.69) is 5.32 Å². The zero-order valence-corrected chi connectivity index (χ0v) is 12.9. The van der Waals surface area contributed by atoms with Crippen LogP contribution in [0.15, 0.2) is 60.7 Å². The smallest absolute Gasteiger partial charge is 0.244 e. The molecule has 1 radical (unpaired) electrons. The molecule has 0 saturated heterocycles. The van der Waals surface area contributed by atoms with Crippen molar-refractivity contribution in [3.05, 3.63) is 71.8 Å². The molecule has 117 valence electrons. The summed E-state index contributed by atoms with van der Waals surface area (Å²) >= 11 is 0. The van der Waals surface area contributed by atoms with Crippen LogP contribution < -0.4 is 10.1 Å². The van der Waals surface area contributed by atoms with Gasteiger partial charge in [0.15, 0.2) is 0 Å². The van der Waals surface area contributed by atoms with Crippen LogP contribution in [0.4, 0.5) is 0 Å². The van der Waals surface area contributed by atoms with E-state index in [9.17, 15) is 9.59 Å². The maximum Gasteiger partial charge on any atom is 0.244 e. The Balaban J connectivity index is 1.94. The summed E-state index contributed by atoms with van der Waals surface area (Å²) < 4.78 is 5.12. The van der Waals surface area contributed by atoms with Crippen molar-refractivity contribution >= 4 is 18.3 Å². The van der Waals surface area contributed by atoms with Crippen molar-refractivity contribution in [3.63, 3.8) is 0 Å². The van der Waals surface area contributed by atoms with E-state index in [1.165, 1.54) is 6.08 Å². The van der Waals surface area contributed by atoms with Crippen LogP contribution in [0.25, 0.3) is 6.08 Å².